The second-order valence-corrected chi connectivity index (χ2v) is 2.25. The van der Waals surface area contributed by atoms with Crippen molar-refractivity contribution in [2.75, 3.05) is 19.7 Å². The van der Waals surface area contributed by atoms with Crippen LogP contribution >= 0.6 is 11.6 Å². The Balaban J connectivity index is 2.77. The fraction of sp³-hybridized carbons (Fsp3) is 0.714. The number of aliphatic hydroxyl groups excluding tert-OH is 1. The van der Waals surface area contributed by atoms with Crippen LogP contribution in [0.5, 0.6) is 0 Å². The highest BCUT2D eigenvalue weighted by Crippen LogP contribution is 1.83. The maximum atomic E-state index is 8.41. The van der Waals surface area contributed by atoms with Gasteiger partial charge in [-0.15, -0.1) is 0 Å². The lowest BCUT2D eigenvalue weighted by atomic mass is 10.3. The van der Waals surface area contributed by atoms with E-state index in [2.05, 4.69) is 5.32 Å². The summed E-state index contributed by atoms with van der Waals surface area (Å²) < 4.78 is 0. The number of unbranched alkanes of at least 4 members (excludes halogenated alkanes) is 1. The molecule has 0 heterocycles. The molecule has 0 aliphatic carbocycles. The molecule has 0 atom stereocenters. The Bertz CT molecular complexity index is 85.7. The molecule has 0 rings (SSSR count). The van der Waals surface area contributed by atoms with Crippen molar-refractivity contribution in [3.63, 3.8) is 0 Å². The van der Waals surface area contributed by atoms with Crippen LogP contribution in [0, 0.1) is 0 Å². The van der Waals surface area contributed by atoms with E-state index < -0.39 is 0 Å². The predicted molar refractivity (Wildman–Crippen MR) is 44.2 cm³/mol. The van der Waals surface area contributed by atoms with Crippen molar-refractivity contribution in [3.05, 3.63) is 11.6 Å². The van der Waals surface area contributed by atoms with Gasteiger partial charge in [-0.25, -0.2) is 0 Å². The lowest BCUT2D eigenvalue weighted by Gasteiger charge is -1.98. The Hall–Kier alpha value is -0.0500. The number of hydrogen-bond donors (Lipinski definition) is 2. The Morgan fingerprint density at radius 3 is 2.80 bits per heavy atom. The molecule has 0 aliphatic heterocycles. The highest BCUT2D eigenvalue weighted by molar-refractivity contribution is 6.25. The molecule has 0 fully saturated rings. The minimum Gasteiger partial charge on any atom is -0.396 e. The van der Waals surface area contributed by atoms with Gasteiger partial charge in [0.25, 0.3) is 0 Å². The standard InChI is InChI=1S/C7H14ClNO/c8-4-3-6-9-5-1-2-7-10/h3-4,9-10H,1-2,5-7H2/b4-3+. The first-order chi connectivity index (χ1) is 4.91. The van der Waals surface area contributed by atoms with Gasteiger partial charge in [-0.05, 0) is 19.4 Å². The van der Waals surface area contributed by atoms with Crippen molar-refractivity contribution in [1.82, 2.24) is 5.32 Å². The fourth-order valence-electron chi connectivity index (χ4n) is 0.592. The Morgan fingerprint density at radius 1 is 1.40 bits per heavy atom. The molecular weight excluding hydrogens is 150 g/mol. The van der Waals surface area contributed by atoms with Crippen LogP contribution in [0.2, 0.25) is 0 Å². The number of nitrogens with one attached hydrogen (secondary N) is 1. The molecule has 0 amide bonds. The van der Waals surface area contributed by atoms with Crippen molar-refractivity contribution in [2.45, 2.75) is 12.8 Å². The Morgan fingerprint density at radius 2 is 2.20 bits per heavy atom. The molecule has 0 aliphatic rings. The summed E-state index contributed by atoms with van der Waals surface area (Å²) in [6, 6.07) is 0. The predicted octanol–water partition coefficient (Wildman–Crippen LogP) is 1.10. The van der Waals surface area contributed by atoms with E-state index in [9.17, 15) is 0 Å². The van der Waals surface area contributed by atoms with Gasteiger partial charge in [0.2, 0.25) is 0 Å². The summed E-state index contributed by atoms with van der Waals surface area (Å²) in [7, 11) is 0. The first-order valence-electron chi connectivity index (χ1n) is 3.48. The number of hydrogen-bond acceptors (Lipinski definition) is 2. The van der Waals surface area contributed by atoms with Crippen LogP contribution < -0.4 is 5.32 Å². The lowest BCUT2D eigenvalue weighted by molar-refractivity contribution is 0.284. The van der Waals surface area contributed by atoms with Crippen molar-refractivity contribution in [1.29, 1.82) is 0 Å². The summed E-state index contributed by atoms with van der Waals surface area (Å²) in [5.74, 6) is 0. The first-order valence-corrected chi connectivity index (χ1v) is 3.92. The topological polar surface area (TPSA) is 32.3 Å². The van der Waals surface area contributed by atoms with Crippen LogP contribution in [0.25, 0.3) is 0 Å². The summed E-state index contributed by atoms with van der Waals surface area (Å²) in [6.45, 7) is 2.05. The van der Waals surface area contributed by atoms with Crippen molar-refractivity contribution < 1.29 is 5.11 Å². The third-order valence-corrected chi connectivity index (χ3v) is 1.29. The molecule has 0 aromatic carbocycles. The maximum Gasteiger partial charge on any atom is 0.0431 e. The Labute approximate surface area is 66.9 Å². The number of aliphatic hydroxyl groups is 1. The van der Waals surface area contributed by atoms with Crippen LogP contribution in [0.15, 0.2) is 11.6 Å². The lowest BCUT2D eigenvalue weighted by Crippen LogP contribution is -2.14. The monoisotopic (exact) mass is 163 g/mol. The van der Waals surface area contributed by atoms with Gasteiger partial charge in [0, 0.05) is 18.7 Å². The highest BCUT2D eigenvalue weighted by atomic mass is 35.5. The van der Waals surface area contributed by atoms with Gasteiger partial charge in [0.05, 0.1) is 0 Å². The molecule has 60 valence electrons. The molecule has 2 N–H and O–H groups in total. The minimum absolute atomic E-state index is 0.285. The quantitative estimate of drug-likeness (QED) is 0.575. The summed E-state index contributed by atoms with van der Waals surface area (Å²) in [4.78, 5) is 0. The molecule has 0 radical (unpaired) electrons. The zero-order valence-corrected chi connectivity index (χ0v) is 6.77. The SMILES string of the molecule is OCCCCNC/C=C/Cl. The highest BCUT2D eigenvalue weighted by Gasteiger charge is 1.83. The van der Waals surface area contributed by atoms with Crippen LogP contribution in [0.1, 0.15) is 12.8 Å². The molecule has 0 saturated carbocycles. The molecule has 0 saturated heterocycles. The van der Waals surface area contributed by atoms with E-state index >= 15 is 0 Å². The van der Waals surface area contributed by atoms with Crippen molar-refractivity contribution in [3.8, 4) is 0 Å². The normalized spacial score (nSPS) is 11.0. The van der Waals surface area contributed by atoms with E-state index in [0.29, 0.717) is 0 Å². The van der Waals surface area contributed by atoms with Gasteiger partial charge in [0.1, 0.15) is 0 Å². The molecule has 0 aromatic rings. The Kier molecular flexibility index (Phi) is 8.91. The van der Waals surface area contributed by atoms with Crippen LogP contribution in [-0.4, -0.2) is 24.8 Å². The molecule has 0 unspecified atom stereocenters. The van der Waals surface area contributed by atoms with E-state index in [0.717, 1.165) is 25.9 Å². The van der Waals surface area contributed by atoms with E-state index in [1.54, 1.807) is 0 Å². The molecule has 2 nitrogen and oxygen atoms in total. The maximum absolute atomic E-state index is 8.41. The smallest absolute Gasteiger partial charge is 0.0431 e. The molecule has 10 heavy (non-hydrogen) atoms. The fourth-order valence-corrected chi connectivity index (χ4v) is 0.681. The number of rotatable bonds is 6. The van der Waals surface area contributed by atoms with Gasteiger partial charge in [-0.3, -0.25) is 0 Å². The van der Waals surface area contributed by atoms with Crippen LogP contribution in [0.4, 0.5) is 0 Å². The third-order valence-electron chi connectivity index (χ3n) is 1.11. The van der Waals surface area contributed by atoms with E-state index in [-0.39, 0.29) is 6.61 Å². The summed E-state index contributed by atoms with van der Waals surface area (Å²) in [6.07, 6.45) is 3.74. The minimum atomic E-state index is 0.285. The summed E-state index contributed by atoms with van der Waals surface area (Å²) in [5.41, 5.74) is 1.50. The van der Waals surface area contributed by atoms with Gasteiger partial charge in [0.15, 0.2) is 0 Å². The van der Waals surface area contributed by atoms with Gasteiger partial charge < -0.3 is 10.4 Å². The largest absolute Gasteiger partial charge is 0.396 e. The van der Waals surface area contributed by atoms with E-state index in [1.165, 1.54) is 5.54 Å². The molecule has 0 aromatic heterocycles. The summed E-state index contributed by atoms with van der Waals surface area (Å²) in [5, 5.41) is 11.5. The zero-order valence-electron chi connectivity index (χ0n) is 6.02. The summed E-state index contributed by atoms with van der Waals surface area (Å²) >= 11 is 5.28. The zero-order chi connectivity index (χ0) is 7.66. The van der Waals surface area contributed by atoms with Crippen LogP contribution in [-0.2, 0) is 0 Å². The van der Waals surface area contributed by atoms with E-state index in [1.807, 2.05) is 6.08 Å². The number of halogens is 1. The van der Waals surface area contributed by atoms with Gasteiger partial charge in [-0.1, -0.05) is 17.7 Å². The first kappa shape index (κ1) is 9.95. The average Bonchev–Trinajstić information content (AvgIpc) is 1.97. The molecule has 0 bridgehead atoms. The van der Waals surface area contributed by atoms with Crippen molar-refractivity contribution in [2.24, 2.45) is 0 Å². The van der Waals surface area contributed by atoms with Gasteiger partial charge >= 0.3 is 0 Å². The third kappa shape index (κ3) is 7.95. The second-order valence-electron chi connectivity index (χ2n) is 2.00. The van der Waals surface area contributed by atoms with Crippen molar-refractivity contribution >= 4 is 11.6 Å². The molecule has 3 heteroatoms. The average molecular weight is 164 g/mol. The molecule has 0 spiro atoms. The van der Waals surface area contributed by atoms with E-state index in [4.69, 9.17) is 16.7 Å². The van der Waals surface area contributed by atoms with Crippen LogP contribution in [0.3, 0.4) is 0 Å². The molecular formula is C7H14ClNO. The second kappa shape index (κ2) is 8.95. The van der Waals surface area contributed by atoms with Gasteiger partial charge in [-0.2, -0.15) is 0 Å².